The highest BCUT2D eigenvalue weighted by molar-refractivity contribution is 6.32. The van der Waals surface area contributed by atoms with Crippen LogP contribution in [0.2, 0.25) is 5.02 Å². The van der Waals surface area contributed by atoms with Gasteiger partial charge in [-0.15, -0.1) is 0 Å². The van der Waals surface area contributed by atoms with E-state index in [9.17, 15) is 19.2 Å². The summed E-state index contributed by atoms with van der Waals surface area (Å²) in [5.74, 6) is -1.52. The normalized spacial score (nSPS) is 21.2. The summed E-state index contributed by atoms with van der Waals surface area (Å²) in [6.45, 7) is -0.307. The van der Waals surface area contributed by atoms with Gasteiger partial charge in [0.15, 0.2) is 6.61 Å². The fraction of sp³-hybridized carbons (Fsp3) is 0.474. The average Bonchev–Trinajstić information content (AvgIpc) is 2.94. The summed E-state index contributed by atoms with van der Waals surface area (Å²) in [7, 11) is 0. The van der Waals surface area contributed by atoms with Crippen LogP contribution in [0.5, 0.6) is 5.75 Å². The molecular weight excluding hydrogens is 386 g/mol. The number of nitrogens with one attached hydrogen (secondary N) is 2. The Labute approximate surface area is 167 Å². The molecule has 1 aromatic rings. The van der Waals surface area contributed by atoms with Gasteiger partial charge in [-0.2, -0.15) is 0 Å². The van der Waals surface area contributed by atoms with E-state index in [-0.39, 0.29) is 43.2 Å². The molecule has 1 saturated heterocycles. The van der Waals surface area contributed by atoms with Crippen molar-refractivity contribution in [1.82, 2.24) is 15.8 Å². The smallest absolute Gasteiger partial charge is 0.276 e. The lowest BCUT2D eigenvalue weighted by atomic mass is 9.81. The van der Waals surface area contributed by atoms with Crippen molar-refractivity contribution in [2.24, 2.45) is 11.8 Å². The van der Waals surface area contributed by atoms with E-state index in [1.165, 1.54) is 4.90 Å². The number of rotatable bonds is 6. The van der Waals surface area contributed by atoms with E-state index in [1.807, 2.05) is 0 Å². The van der Waals surface area contributed by atoms with Crippen molar-refractivity contribution >= 4 is 35.2 Å². The van der Waals surface area contributed by atoms with Gasteiger partial charge in [0.25, 0.3) is 5.91 Å². The molecule has 0 unspecified atom stereocenters. The number of likely N-dealkylation sites (tertiary alicyclic amines) is 1. The van der Waals surface area contributed by atoms with Crippen LogP contribution in [0.1, 0.15) is 32.1 Å². The van der Waals surface area contributed by atoms with E-state index in [4.69, 9.17) is 16.3 Å². The first-order chi connectivity index (χ1) is 13.5. The monoisotopic (exact) mass is 407 g/mol. The Bertz CT molecular complexity index is 761. The van der Waals surface area contributed by atoms with Gasteiger partial charge in [0.2, 0.25) is 17.7 Å². The second-order valence-corrected chi connectivity index (χ2v) is 7.30. The number of hydrogen-bond acceptors (Lipinski definition) is 5. The van der Waals surface area contributed by atoms with Crippen LogP contribution in [0.15, 0.2) is 24.3 Å². The van der Waals surface area contributed by atoms with Gasteiger partial charge in [0.05, 0.1) is 16.9 Å². The standard InChI is InChI=1S/C19H22ClN3O5/c20-14-7-3-4-8-15(14)28-11-17(25)22-21-16(24)9-10-23-18(26)12-5-1-2-6-13(12)19(23)27/h3-4,7-8,12-13H,1-2,5-6,9-11H2,(H,21,24)(H,22,25)/t12-,13+. The summed E-state index contributed by atoms with van der Waals surface area (Å²) in [4.78, 5) is 49.6. The number of halogens is 1. The molecule has 28 heavy (non-hydrogen) atoms. The first-order valence-electron chi connectivity index (χ1n) is 9.27. The van der Waals surface area contributed by atoms with E-state index in [2.05, 4.69) is 10.9 Å². The fourth-order valence-corrected chi connectivity index (χ4v) is 3.80. The number of fused-ring (bicyclic) bond motifs is 1. The number of nitrogens with zero attached hydrogens (tertiary/aromatic N) is 1. The third kappa shape index (κ3) is 4.62. The number of hydrogen-bond donors (Lipinski definition) is 2. The minimum atomic E-state index is -0.562. The van der Waals surface area contributed by atoms with Crippen LogP contribution in [0.4, 0.5) is 0 Å². The molecule has 1 saturated carbocycles. The summed E-state index contributed by atoms with van der Waals surface area (Å²) in [5.41, 5.74) is 4.47. The molecular formula is C19H22ClN3O5. The Hall–Kier alpha value is -2.61. The number of para-hydroxylation sites is 1. The van der Waals surface area contributed by atoms with Crippen LogP contribution in [0, 0.1) is 11.8 Å². The van der Waals surface area contributed by atoms with Crippen LogP contribution in [-0.4, -0.2) is 41.7 Å². The van der Waals surface area contributed by atoms with Crippen LogP contribution in [-0.2, 0) is 19.2 Å². The molecule has 0 bridgehead atoms. The summed E-state index contributed by atoms with van der Waals surface area (Å²) < 4.78 is 5.26. The molecule has 2 fully saturated rings. The molecule has 2 N–H and O–H groups in total. The fourth-order valence-electron chi connectivity index (χ4n) is 3.61. The Morgan fingerprint density at radius 1 is 1.04 bits per heavy atom. The van der Waals surface area contributed by atoms with Gasteiger partial charge >= 0.3 is 0 Å². The van der Waals surface area contributed by atoms with Crippen molar-refractivity contribution in [3.63, 3.8) is 0 Å². The van der Waals surface area contributed by atoms with Gasteiger partial charge in [0, 0.05) is 13.0 Å². The number of amides is 4. The number of carbonyl (C=O) groups excluding carboxylic acids is 4. The zero-order valence-corrected chi connectivity index (χ0v) is 16.0. The van der Waals surface area contributed by atoms with E-state index in [1.54, 1.807) is 24.3 Å². The van der Waals surface area contributed by atoms with Crippen molar-refractivity contribution in [3.8, 4) is 5.75 Å². The maximum Gasteiger partial charge on any atom is 0.276 e. The molecule has 0 spiro atoms. The highest BCUT2D eigenvalue weighted by Gasteiger charge is 2.47. The van der Waals surface area contributed by atoms with Gasteiger partial charge in [-0.05, 0) is 25.0 Å². The predicted molar refractivity (Wildman–Crippen MR) is 100 cm³/mol. The van der Waals surface area contributed by atoms with Gasteiger partial charge in [-0.25, -0.2) is 0 Å². The second-order valence-electron chi connectivity index (χ2n) is 6.89. The van der Waals surface area contributed by atoms with Crippen LogP contribution >= 0.6 is 11.6 Å². The molecule has 1 heterocycles. The number of hydrazine groups is 1. The molecule has 8 nitrogen and oxygen atoms in total. The Kier molecular flexibility index (Phi) is 6.51. The third-order valence-electron chi connectivity index (χ3n) is 5.03. The molecule has 4 amide bonds. The van der Waals surface area contributed by atoms with Gasteiger partial charge < -0.3 is 4.74 Å². The zero-order valence-electron chi connectivity index (χ0n) is 15.3. The first-order valence-corrected chi connectivity index (χ1v) is 9.65. The maximum atomic E-state index is 12.4. The van der Waals surface area contributed by atoms with E-state index < -0.39 is 11.8 Å². The lowest BCUT2D eigenvalue weighted by molar-refractivity contribution is -0.140. The zero-order chi connectivity index (χ0) is 20.1. The number of carbonyl (C=O) groups is 4. The van der Waals surface area contributed by atoms with Crippen LogP contribution in [0.3, 0.4) is 0 Å². The second kappa shape index (κ2) is 9.05. The summed E-state index contributed by atoms with van der Waals surface area (Å²) in [5, 5.41) is 0.375. The molecule has 2 aliphatic rings. The summed E-state index contributed by atoms with van der Waals surface area (Å²) >= 11 is 5.92. The van der Waals surface area contributed by atoms with Crippen molar-refractivity contribution in [3.05, 3.63) is 29.3 Å². The lowest BCUT2D eigenvalue weighted by Gasteiger charge is -2.19. The van der Waals surface area contributed by atoms with E-state index >= 15 is 0 Å². The first kappa shape index (κ1) is 20.1. The van der Waals surface area contributed by atoms with Crippen molar-refractivity contribution in [2.45, 2.75) is 32.1 Å². The largest absolute Gasteiger partial charge is 0.482 e. The Morgan fingerprint density at radius 3 is 2.29 bits per heavy atom. The topological polar surface area (TPSA) is 105 Å². The van der Waals surface area contributed by atoms with Crippen LogP contribution < -0.4 is 15.6 Å². The molecule has 1 aliphatic heterocycles. The van der Waals surface area contributed by atoms with Gasteiger partial charge in [-0.3, -0.25) is 34.9 Å². The quantitative estimate of drug-likeness (QED) is 0.548. The van der Waals surface area contributed by atoms with E-state index in [0.29, 0.717) is 10.8 Å². The Morgan fingerprint density at radius 2 is 1.64 bits per heavy atom. The molecule has 3 rings (SSSR count). The SMILES string of the molecule is O=C(CCN1C(=O)[C@H]2CCCC[C@H]2C1=O)NNC(=O)COc1ccccc1Cl. The third-order valence-corrected chi connectivity index (χ3v) is 5.34. The number of imide groups is 1. The molecule has 2 atom stereocenters. The Balaban J connectivity index is 1.38. The van der Waals surface area contributed by atoms with Crippen molar-refractivity contribution in [1.29, 1.82) is 0 Å². The molecule has 1 aliphatic carbocycles. The molecule has 9 heteroatoms. The molecule has 150 valence electrons. The number of ether oxygens (including phenoxy) is 1. The maximum absolute atomic E-state index is 12.4. The van der Waals surface area contributed by atoms with Crippen molar-refractivity contribution in [2.75, 3.05) is 13.2 Å². The van der Waals surface area contributed by atoms with Crippen molar-refractivity contribution < 1.29 is 23.9 Å². The lowest BCUT2D eigenvalue weighted by Crippen LogP contribution is -2.45. The molecule has 1 aromatic carbocycles. The predicted octanol–water partition coefficient (Wildman–Crippen LogP) is 1.43. The molecule has 0 aromatic heterocycles. The number of benzene rings is 1. The highest BCUT2D eigenvalue weighted by atomic mass is 35.5. The minimum Gasteiger partial charge on any atom is -0.482 e. The van der Waals surface area contributed by atoms with E-state index in [0.717, 1.165) is 25.7 Å². The summed E-state index contributed by atoms with van der Waals surface area (Å²) in [6, 6.07) is 6.71. The average molecular weight is 408 g/mol. The van der Waals surface area contributed by atoms with Crippen LogP contribution in [0.25, 0.3) is 0 Å². The van der Waals surface area contributed by atoms with Gasteiger partial charge in [-0.1, -0.05) is 36.6 Å². The minimum absolute atomic E-state index is 0.0164. The highest BCUT2D eigenvalue weighted by Crippen LogP contribution is 2.37. The van der Waals surface area contributed by atoms with Gasteiger partial charge in [0.1, 0.15) is 5.75 Å². The molecule has 0 radical (unpaired) electrons. The summed E-state index contributed by atoms with van der Waals surface area (Å²) in [6.07, 6.45) is 3.30.